The van der Waals surface area contributed by atoms with Crippen molar-refractivity contribution >= 4 is 10.8 Å². The van der Waals surface area contributed by atoms with Crippen LogP contribution < -0.4 is 0 Å². The van der Waals surface area contributed by atoms with Gasteiger partial charge in [-0.15, -0.1) is 6.58 Å². The second-order valence-electron chi connectivity index (χ2n) is 3.95. The Morgan fingerprint density at radius 3 is 2.33 bits per heavy atom. The lowest BCUT2D eigenvalue weighted by molar-refractivity contribution is 0.643. The van der Waals surface area contributed by atoms with E-state index in [0.717, 1.165) is 25.0 Å². The predicted molar refractivity (Wildman–Crippen MR) is 56.8 cm³/mol. The van der Waals surface area contributed by atoms with Crippen LogP contribution in [0.15, 0.2) is 12.7 Å². The van der Waals surface area contributed by atoms with E-state index >= 15 is 0 Å². The van der Waals surface area contributed by atoms with Crippen LogP contribution in [0, 0.1) is 0 Å². The van der Waals surface area contributed by atoms with Crippen molar-refractivity contribution in [3.05, 3.63) is 12.7 Å². The Morgan fingerprint density at radius 2 is 1.92 bits per heavy atom. The highest BCUT2D eigenvalue weighted by molar-refractivity contribution is 7.86. The zero-order chi connectivity index (χ0) is 9.61. The Bertz CT molecular complexity index is 156. The van der Waals surface area contributed by atoms with Gasteiger partial charge in [-0.3, -0.25) is 4.21 Å². The maximum Gasteiger partial charge on any atom is 0.0375 e. The van der Waals surface area contributed by atoms with E-state index in [2.05, 4.69) is 6.58 Å². The van der Waals surface area contributed by atoms with Crippen LogP contribution in [0.2, 0.25) is 0 Å². The highest BCUT2D eigenvalue weighted by Crippen LogP contribution is 2.13. The van der Waals surface area contributed by atoms with Crippen molar-refractivity contribution < 1.29 is 4.21 Å². The van der Waals surface area contributed by atoms with Crippen LogP contribution in [-0.2, 0) is 10.8 Å². The van der Waals surface area contributed by atoms with Crippen molar-refractivity contribution in [3.8, 4) is 0 Å². The zero-order valence-corrected chi connectivity index (χ0v) is 9.25. The molecule has 0 aromatic carbocycles. The summed E-state index contributed by atoms with van der Waals surface area (Å²) in [5.41, 5.74) is 0. The standard InChI is InChI=1S/C10H20OS/c1-5-6-7-8-9-12(11)10(2,3)4/h5H,1,6-9H2,2-4H3. The normalized spacial score (nSPS) is 14.2. The van der Waals surface area contributed by atoms with Gasteiger partial charge in [0.25, 0.3) is 0 Å². The van der Waals surface area contributed by atoms with E-state index in [0.29, 0.717) is 0 Å². The Morgan fingerprint density at radius 1 is 1.33 bits per heavy atom. The molecule has 1 atom stereocenters. The third kappa shape index (κ3) is 5.53. The molecule has 1 unspecified atom stereocenters. The molecular formula is C10H20OS. The average molecular weight is 188 g/mol. The molecule has 0 fully saturated rings. The second kappa shape index (κ2) is 5.52. The third-order valence-corrected chi connectivity index (χ3v) is 3.70. The van der Waals surface area contributed by atoms with E-state index in [9.17, 15) is 4.21 Å². The maximum absolute atomic E-state index is 11.5. The van der Waals surface area contributed by atoms with Crippen molar-refractivity contribution in [2.75, 3.05) is 5.75 Å². The van der Waals surface area contributed by atoms with Gasteiger partial charge < -0.3 is 0 Å². The summed E-state index contributed by atoms with van der Waals surface area (Å²) >= 11 is 0. The van der Waals surface area contributed by atoms with Gasteiger partial charge in [-0.25, -0.2) is 0 Å². The summed E-state index contributed by atoms with van der Waals surface area (Å²) in [6, 6.07) is 0. The molecule has 0 aromatic heterocycles. The molecule has 0 aliphatic carbocycles. The quantitative estimate of drug-likeness (QED) is 0.479. The van der Waals surface area contributed by atoms with Crippen LogP contribution in [0.1, 0.15) is 40.0 Å². The van der Waals surface area contributed by atoms with Crippen LogP contribution in [0.3, 0.4) is 0 Å². The first-order valence-corrected chi connectivity index (χ1v) is 5.79. The molecule has 0 saturated heterocycles. The number of unbranched alkanes of at least 4 members (excludes halogenated alkanes) is 2. The lowest BCUT2D eigenvalue weighted by atomic mass is 10.2. The molecule has 0 amide bonds. The highest BCUT2D eigenvalue weighted by Gasteiger charge is 2.17. The van der Waals surface area contributed by atoms with Crippen LogP contribution in [0.5, 0.6) is 0 Å². The third-order valence-electron chi connectivity index (χ3n) is 1.67. The second-order valence-corrected chi connectivity index (χ2v) is 6.27. The molecule has 0 bridgehead atoms. The molecule has 0 saturated carbocycles. The summed E-state index contributed by atoms with van der Waals surface area (Å²) in [7, 11) is -0.675. The smallest absolute Gasteiger partial charge is 0.0375 e. The minimum absolute atomic E-state index is 0.0474. The van der Waals surface area contributed by atoms with Gasteiger partial charge in [0.1, 0.15) is 0 Å². The van der Waals surface area contributed by atoms with E-state index < -0.39 is 10.8 Å². The molecule has 2 heteroatoms. The molecule has 1 nitrogen and oxygen atoms in total. The molecule has 0 radical (unpaired) electrons. The Kier molecular flexibility index (Phi) is 5.47. The largest absolute Gasteiger partial charge is 0.259 e. The van der Waals surface area contributed by atoms with Crippen LogP contribution in [0.25, 0.3) is 0 Å². The van der Waals surface area contributed by atoms with Gasteiger partial charge in [0.2, 0.25) is 0 Å². The molecular weight excluding hydrogens is 168 g/mol. The fourth-order valence-electron chi connectivity index (χ4n) is 0.828. The zero-order valence-electron chi connectivity index (χ0n) is 8.43. The van der Waals surface area contributed by atoms with E-state index in [1.54, 1.807) is 0 Å². The average Bonchev–Trinajstić information content (AvgIpc) is 1.96. The van der Waals surface area contributed by atoms with E-state index in [-0.39, 0.29) is 4.75 Å². The van der Waals surface area contributed by atoms with E-state index in [1.165, 1.54) is 0 Å². The SMILES string of the molecule is C=CCCCCS(=O)C(C)(C)C. The number of allylic oxidation sites excluding steroid dienone is 1. The van der Waals surface area contributed by atoms with Crippen molar-refractivity contribution in [1.29, 1.82) is 0 Å². The molecule has 0 aromatic rings. The molecule has 72 valence electrons. The van der Waals surface area contributed by atoms with Crippen molar-refractivity contribution in [3.63, 3.8) is 0 Å². The molecule has 0 rings (SSSR count). The molecule has 12 heavy (non-hydrogen) atoms. The Balaban J connectivity index is 3.51. The molecule has 0 N–H and O–H groups in total. The molecule has 0 heterocycles. The van der Waals surface area contributed by atoms with Gasteiger partial charge in [-0.05, 0) is 40.0 Å². The predicted octanol–water partition coefficient (Wildman–Crippen LogP) is 2.89. The molecule has 0 aliphatic rings. The highest BCUT2D eigenvalue weighted by atomic mass is 32.2. The summed E-state index contributed by atoms with van der Waals surface area (Å²) < 4.78 is 11.5. The topological polar surface area (TPSA) is 17.1 Å². The number of hydrogen-bond acceptors (Lipinski definition) is 1. The summed E-state index contributed by atoms with van der Waals surface area (Å²) in [4.78, 5) is 0. The fraction of sp³-hybridized carbons (Fsp3) is 0.800. The number of rotatable bonds is 5. The number of hydrogen-bond donors (Lipinski definition) is 0. The molecule has 0 spiro atoms. The van der Waals surface area contributed by atoms with Crippen LogP contribution >= 0.6 is 0 Å². The summed E-state index contributed by atoms with van der Waals surface area (Å²) in [6.45, 7) is 9.72. The molecule has 0 aliphatic heterocycles. The van der Waals surface area contributed by atoms with Crippen molar-refractivity contribution in [1.82, 2.24) is 0 Å². The monoisotopic (exact) mass is 188 g/mol. The van der Waals surface area contributed by atoms with Gasteiger partial charge in [0.15, 0.2) is 0 Å². The van der Waals surface area contributed by atoms with Gasteiger partial charge >= 0.3 is 0 Å². The van der Waals surface area contributed by atoms with Crippen LogP contribution in [-0.4, -0.2) is 14.7 Å². The first-order chi connectivity index (χ1) is 5.48. The minimum atomic E-state index is -0.675. The fourth-order valence-corrected chi connectivity index (χ4v) is 1.91. The first kappa shape index (κ1) is 11.9. The van der Waals surface area contributed by atoms with E-state index in [4.69, 9.17) is 0 Å². The first-order valence-electron chi connectivity index (χ1n) is 4.48. The van der Waals surface area contributed by atoms with Crippen molar-refractivity contribution in [2.45, 2.75) is 44.8 Å². The van der Waals surface area contributed by atoms with Gasteiger partial charge in [0.05, 0.1) is 0 Å². The van der Waals surface area contributed by atoms with Crippen LogP contribution in [0.4, 0.5) is 0 Å². The Hall–Kier alpha value is -0.110. The van der Waals surface area contributed by atoms with E-state index in [1.807, 2.05) is 26.8 Å². The van der Waals surface area contributed by atoms with Gasteiger partial charge in [0, 0.05) is 21.3 Å². The van der Waals surface area contributed by atoms with Gasteiger partial charge in [-0.2, -0.15) is 0 Å². The van der Waals surface area contributed by atoms with Crippen molar-refractivity contribution in [2.24, 2.45) is 0 Å². The maximum atomic E-state index is 11.5. The summed E-state index contributed by atoms with van der Waals surface area (Å²) in [5, 5.41) is 0. The summed E-state index contributed by atoms with van der Waals surface area (Å²) in [6.07, 6.45) is 5.13. The Labute approximate surface area is 78.7 Å². The summed E-state index contributed by atoms with van der Waals surface area (Å²) in [5.74, 6) is 0.831. The lowest BCUT2D eigenvalue weighted by Gasteiger charge is -2.17. The lowest BCUT2D eigenvalue weighted by Crippen LogP contribution is -2.23. The minimum Gasteiger partial charge on any atom is -0.259 e. The van der Waals surface area contributed by atoms with Gasteiger partial charge in [-0.1, -0.05) is 6.08 Å².